The van der Waals surface area contributed by atoms with E-state index in [4.69, 9.17) is 10.9 Å². The van der Waals surface area contributed by atoms with E-state index in [1.54, 1.807) is 0 Å². The van der Waals surface area contributed by atoms with E-state index < -0.39 is 0 Å². The fourth-order valence-corrected chi connectivity index (χ4v) is 2.91. The van der Waals surface area contributed by atoms with Gasteiger partial charge in [0.2, 0.25) is 0 Å². The number of hydrogen-bond donors (Lipinski definition) is 2. The molecule has 1 aromatic carbocycles. The number of nitrogens with two attached hydrogens (primary N) is 1. The molecule has 0 radical (unpaired) electrons. The van der Waals surface area contributed by atoms with E-state index in [-0.39, 0.29) is 5.84 Å². The third-order valence-corrected chi connectivity index (χ3v) is 3.98. The standard InChI is InChI=1S/C15H23N3O/c1-10-4-5-13(15(16)17-19)14(9-10)18-7-6-11(2)8-12(18)3/h4-5,9,11-12,19H,6-8H2,1-3H3,(H2,16,17). The number of nitrogens with zero attached hydrogens (tertiary/aromatic N) is 2. The Balaban J connectivity index is 2.40. The molecule has 1 aliphatic heterocycles. The summed E-state index contributed by atoms with van der Waals surface area (Å²) >= 11 is 0. The van der Waals surface area contributed by atoms with Crippen LogP contribution in [0.15, 0.2) is 23.4 Å². The second-order valence-electron chi connectivity index (χ2n) is 5.68. The Kier molecular flexibility index (Phi) is 3.98. The van der Waals surface area contributed by atoms with Crippen molar-refractivity contribution in [3.63, 3.8) is 0 Å². The van der Waals surface area contributed by atoms with Gasteiger partial charge in [0.1, 0.15) is 0 Å². The first-order valence-corrected chi connectivity index (χ1v) is 6.88. The third kappa shape index (κ3) is 2.83. The molecular weight excluding hydrogens is 238 g/mol. The maximum atomic E-state index is 8.93. The van der Waals surface area contributed by atoms with Crippen LogP contribution in [0.1, 0.15) is 37.8 Å². The Hall–Kier alpha value is -1.71. The normalized spacial score (nSPS) is 24.6. The van der Waals surface area contributed by atoms with Crippen LogP contribution in [0.3, 0.4) is 0 Å². The largest absolute Gasteiger partial charge is 0.409 e. The van der Waals surface area contributed by atoms with Crippen LogP contribution in [0.2, 0.25) is 0 Å². The molecule has 0 amide bonds. The number of amidine groups is 1. The molecule has 4 heteroatoms. The monoisotopic (exact) mass is 261 g/mol. The number of anilines is 1. The van der Waals surface area contributed by atoms with Gasteiger partial charge in [-0.3, -0.25) is 0 Å². The molecule has 0 aliphatic carbocycles. The van der Waals surface area contributed by atoms with Gasteiger partial charge in [0.15, 0.2) is 5.84 Å². The molecule has 2 unspecified atom stereocenters. The average molecular weight is 261 g/mol. The molecule has 1 aromatic rings. The summed E-state index contributed by atoms with van der Waals surface area (Å²) in [6, 6.07) is 6.54. The molecule has 1 saturated heterocycles. The predicted molar refractivity (Wildman–Crippen MR) is 78.9 cm³/mol. The van der Waals surface area contributed by atoms with Crippen molar-refractivity contribution in [2.45, 2.75) is 39.7 Å². The Bertz CT molecular complexity index is 484. The number of piperidine rings is 1. The van der Waals surface area contributed by atoms with Crippen LogP contribution < -0.4 is 10.6 Å². The summed E-state index contributed by atoms with van der Waals surface area (Å²) in [5.74, 6) is 0.948. The van der Waals surface area contributed by atoms with E-state index in [0.717, 1.165) is 23.7 Å². The van der Waals surface area contributed by atoms with Crippen molar-refractivity contribution >= 4 is 11.5 Å². The van der Waals surface area contributed by atoms with E-state index in [0.29, 0.717) is 6.04 Å². The first-order valence-electron chi connectivity index (χ1n) is 6.88. The van der Waals surface area contributed by atoms with Gasteiger partial charge in [0, 0.05) is 23.8 Å². The molecular formula is C15H23N3O. The summed E-state index contributed by atoms with van der Waals surface area (Å²) in [7, 11) is 0. The van der Waals surface area contributed by atoms with Gasteiger partial charge < -0.3 is 15.8 Å². The molecule has 0 spiro atoms. The third-order valence-electron chi connectivity index (χ3n) is 3.98. The molecule has 3 N–H and O–H groups in total. The summed E-state index contributed by atoms with van der Waals surface area (Å²) < 4.78 is 0. The highest BCUT2D eigenvalue weighted by Crippen LogP contribution is 2.30. The zero-order valence-corrected chi connectivity index (χ0v) is 11.9. The summed E-state index contributed by atoms with van der Waals surface area (Å²) in [6.45, 7) is 7.64. The number of rotatable bonds is 2. The van der Waals surface area contributed by atoms with Gasteiger partial charge in [-0.25, -0.2) is 0 Å². The summed E-state index contributed by atoms with van der Waals surface area (Å²) in [6.07, 6.45) is 2.37. The van der Waals surface area contributed by atoms with Crippen LogP contribution in [0, 0.1) is 12.8 Å². The lowest BCUT2D eigenvalue weighted by Crippen LogP contribution is -2.41. The molecule has 1 heterocycles. The van der Waals surface area contributed by atoms with Crippen molar-refractivity contribution in [2.24, 2.45) is 16.8 Å². The Labute approximate surface area is 114 Å². The van der Waals surface area contributed by atoms with Crippen LogP contribution in [-0.2, 0) is 0 Å². The van der Waals surface area contributed by atoms with Crippen LogP contribution >= 0.6 is 0 Å². The number of benzene rings is 1. The zero-order valence-electron chi connectivity index (χ0n) is 11.9. The zero-order chi connectivity index (χ0) is 14.0. The van der Waals surface area contributed by atoms with Gasteiger partial charge in [-0.05, 0) is 50.3 Å². The van der Waals surface area contributed by atoms with Crippen molar-refractivity contribution in [3.05, 3.63) is 29.3 Å². The molecule has 1 fully saturated rings. The van der Waals surface area contributed by atoms with E-state index >= 15 is 0 Å². The van der Waals surface area contributed by atoms with E-state index in [1.165, 1.54) is 18.4 Å². The number of oxime groups is 1. The fourth-order valence-electron chi connectivity index (χ4n) is 2.91. The Morgan fingerprint density at radius 2 is 2.16 bits per heavy atom. The van der Waals surface area contributed by atoms with Crippen molar-refractivity contribution in [2.75, 3.05) is 11.4 Å². The van der Waals surface area contributed by atoms with Gasteiger partial charge in [0.25, 0.3) is 0 Å². The first-order chi connectivity index (χ1) is 9.02. The van der Waals surface area contributed by atoms with Crippen LogP contribution in [-0.4, -0.2) is 23.6 Å². The molecule has 1 aliphatic rings. The molecule has 104 valence electrons. The van der Waals surface area contributed by atoms with Gasteiger partial charge in [-0.1, -0.05) is 18.1 Å². The van der Waals surface area contributed by atoms with E-state index in [9.17, 15) is 0 Å². The quantitative estimate of drug-likeness (QED) is 0.372. The first kappa shape index (κ1) is 13.7. The van der Waals surface area contributed by atoms with Crippen molar-refractivity contribution < 1.29 is 5.21 Å². The lowest BCUT2D eigenvalue weighted by molar-refractivity contribution is 0.318. The number of hydrogen-bond acceptors (Lipinski definition) is 3. The van der Waals surface area contributed by atoms with Crippen LogP contribution in [0.5, 0.6) is 0 Å². The molecule has 4 nitrogen and oxygen atoms in total. The Morgan fingerprint density at radius 3 is 2.79 bits per heavy atom. The van der Waals surface area contributed by atoms with Gasteiger partial charge in [-0.2, -0.15) is 0 Å². The molecule has 0 aromatic heterocycles. The van der Waals surface area contributed by atoms with Crippen molar-refractivity contribution in [3.8, 4) is 0 Å². The molecule has 2 atom stereocenters. The fraction of sp³-hybridized carbons (Fsp3) is 0.533. The predicted octanol–water partition coefficient (Wildman–Crippen LogP) is 2.71. The summed E-state index contributed by atoms with van der Waals surface area (Å²) in [5, 5.41) is 12.1. The minimum atomic E-state index is 0.181. The lowest BCUT2D eigenvalue weighted by Gasteiger charge is -2.39. The lowest BCUT2D eigenvalue weighted by atomic mass is 9.92. The second-order valence-corrected chi connectivity index (χ2v) is 5.68. The summed E-state index contributed by atoms with van der Waals surface area (Å²) in [4.78, 5) is 2.38. The van der Waals surface area contributed by atoms with Gasteiger partial charge in [-0.15, -0.1) is 0 Å². The summed E-state index contributed by atoms with van der Waals surface area (Å²) in [5.41, 5.74) is 8.88. The topological polar surface area (TPSA) is 61.9 Å². The van der Waals surface area contributed by atoms with Crippen molar-refractivity contribution in [1.29, 1.82) is 0 Å². The van der Waals surface area contributed by atoms with E-state index in [1.807, 2.05) is 12.1 Å². The van der Waals surface area contributed by atoms with Crippen molar-refractivity contribution in [1.82, 2.24) is 0 Å². The Morgan fingerprint density at radius 1 is 1.42 bits per heavy atom. The maximum absolute atomic E-state index is 8.93. The number of aryl methyl sites for hydroxylation is 1. The minimum absolute atomic E-state index is 0.181. The maximum Gasteiger partial charge on any atom is 0.172 e. The smallest absolute Gasteiger partial charge is 0.172 e. The average Bonchev–Trinajstić information content (AvgIpc) is 2.38. The van der Waals surface area contributed by atoms with Gasteiger partial charge in [0.05, 0.1) is 0 Å². The van der Waals surface area contributed by atoms with Crippen LogP contribution in [0.25, 0.3) is 0 Å². The van der Waals surface area contributed by atoms with E-state index in [2.05, 4.69) is 36.9 Å². The van der Waals surface area contributed by atoms with Gasteiger partial charge >= 0.3 is 0 Å². The SMILES string of the molecule is Cc1ccc(C(N)=NO)c(N2CCC(C)CC2C)c1. The highest BCUT2D eigenvalue weighted by molar-refractivity contribution is 6.02. The van der Waals surface area contributed by atoms with Crippen LogP contribution in [0.4, 0.5) is 5.69 Å². The highest BCUT2D eigenvalue weighted by Gasteiger charge is 2.25. The highest BCUT2D eigenvalue weighted by atomic mass is 16.4. The molecule has 19 heavy (non-hydrogen) atoms. The minimum Gasteiger partial charge on any atom is -0.409 e. The molecule has 2 rings (SSSR count). The molecule has 0 bridgehead atoms. The molecule has 0 saturated carbocycles. The second kappa shape index (κ2) is 5.51.